The van der Waals surface area contributed by atoms with Gasteiger partial charge in [-0.15, -0.1) is 0 Å². The van der Waals surface area contributed by atoms with Gasteiger partial charge in [0.05, 0.1) is 10.5 Å². The smallest absolute Gasteiger partial charge is 0.276 e. The van der Waals surface area contributed by atoms with Crippen molar-refractivity contribution < 1.29 is 14.1 Å². The average Bonchev–Trinajstić information content (AvgIpc) is 2.48. The molecule has 0 aliphatic heterocycles. The first kappa shape index (κ1) is 14.4. The zero-order valence-corrected chi connectivity index (χ0v) is 10.8. The zero-order chi connectivity index (χ0) is 15.2. The van der Waals surface area contributed by atoms with Gasteiger partial charge in [0, 0.05) is 17.8 Å². The van der Waals surface area contributed by atoms with Gasteiger partial charge in [0.2, 0.25) is 5.91 Å². The first-order valence-corrected chi connectivity index (χ1v) is 6.04. The lowest BCUT2D eigenvalue weighted by molar-refractivity contribution is -0.385. The van der Waals surface area contributed by atoms with Gasteiger partial charge in [-0.25, -0.2) is 4.39 Å². The number of nitro benzene ring substituents is 1. The van der Waals surface area contributed by atoms with Crippen LogP contribution in [0.15, 0.2) is 54.6 Å². The fourth-order valence-electron chi connectivity index (χ4n) is 1.68. The Hall–Kier alpha value is -3.02. The van der Waals surface area contributed by atoms with E-state index in [4.69, 9.17) is 0 Å². The normalized spacial score (nSPS) is 10.5. The van der Waals surface area contributed by atoms with E-state index in [1.165, 1.54) is 42.5 Å². The Morgan fingerprint density at radius 1 is 1.14 bits per heavy atom. The number of carbonyl (C=O) groups is 1. The summed E-state index contributed by atoms with van der Waals surface area (Å²) in [6, 6.07) is 11.4. The van der Waals surface area contributed by atoms with Crippen LogP contribution in [0.2, 0.25) is 0 Å². The lowest BCUT2D eigenvalue weighted by Crippen LogP contribution is -2.07. The van der Waals surface area contributed by atoms with E-state index in [2.05, 4.69) is 5.32 Å². The molecule has 0 aromatic heterocycles. The summed E-state index contributed by atoms with van der Waals surface area (Å²) in [6.45, 7) is 0. The number of rotatable bonds is 4. The minimum absolute atomic E-state index is 0.0802. The molecule has 2 aromatic carbocycles. The van der Waals surface area contributed by atoms with E-state index >= 15 is 0 Å². The zero-order valence-electron chi connectivity index (χ0n) is 10.8. The van der Waals surface area contributed by atoms with Crippen LogP contribution in [0, 0.1) is 15.9 Å². The molecule has 0 saturated carbocycles. The topological polar surface area (TPSA) is 72.2 Å². The second-order valence-electron chi connectivity index (χ2n) is 4.15. The third-order valence-electron chi connectivity index (χ3n) is 2.66. The van der Waals surface area contributed by atoms with Crippen molar-refractivity contribution in [1.82, 2.24) is 0 Å². The minimum Gasteiger partial charge on any atom is -0.323 e. The van der Waals surface area contributed by atoms with Crippen molar-refractivity contribution in [2.75, 3.05) is 5.32 Å². The van der Waals surface area contributed by atoms with E-state index in [1.807, 2.05) is 0 Å². The highest BCUT2D eigenvalue weighted by Gasteiger charge is 2.09. The highest BCUT2D eigenvalue weighted by Crippen LogP contribution is 2.19. The Bertz CT molecular complexity index is 696. The fraction of sp³-hybridized carbons (Fsp3) is 0. The molecule has 2 aromatic rings. The van der Waals surface area contributed by atoms with Gasteiger partial charge in [0.15, 0.2) is 0 Å². The van der Waals surface area contributed by atoms with E-state index in [-0.39, 0.29) is 5.69 Å². The molecule has 0 aliphatic carbocycles. The highest BCUT2D eigenvalue weighted by molar-refractivity contribution is 6.02. The molecule has 1 amide bonds. The van der Waals surface area contributed by atoms with Crippen LogP contribution in [0.4, 0.5) is 15.8 Å². The van der Waals surface area contributed by atoms with E-state index in [0.717, 1.165) is 0 Å². The SMILES string of the molecule is O=C(/C=C/c1ccccc1[N+](=O)[O-])Nc1ccc(F)cc1. The van der Waals surface area contributed by atoms with E-state index in [1.54, 1.807) is 18.2 Å². The molecule has 0 aliphatic rings. The lowest BCUT2D eigenvalue weighted by atomic mass is 10.1. The number of nitrogens with one attached hydrogen (secondary N) is 1. The summed E-state index contributed by atoms with van der Waals surface area (Å²) < 4.78 is 12.7. The number of halogens is 1. The number of para-hydroxylation sites is 1. The monoisotopic (exact) mass is 286 g/mol. The van der Waals surface area contributed by atoms with Crippen LogP contribution in [-0.2, 0) is 4.79 Å². The van der Waals surface area contributed by atoms with Crippen LogP contribution in [-0.4, -0.2) is 10.8 Å². The quantitative estimate of drug-likeness (QED) is 0.532. The number of anilines is 1. The number of nitro groups is 1. The van der Waals surface area contributed by atoms with Gasteiger partial charge in [0.25, 0.3) is 5.69 Å². The molecule has 0 spiro atoms. The Labute approximate surface area is 119 Å². The summed E-state index contributed by atoms with van der Waals surface area (Å²) in [5, 5.41) is 13.4. The number of hydrogen-bond acceptors (Lipinski definition) is 3. The summed E-state index contributed by atoms with van der Waals surface area (Å²) in [5.41, 5.74) is 0.689. The molecule has 6 heteroatoms. The van der Waals surface area contributed by atoms with Gasteiger partial charge in [-0.1, -0.05) is 12.1 Å². The molecule has 1 N–H and O–H groups in total. The second-order valence-corrected chi connectivity index (χ2v) is 4.15. The molecule has 2 rings (SSSR count). The Balaban J connectivity index is 2.09. The van der Waals surface area contributed by atoms with Crippen molar-refractivity contribution >= 4 is 23.4 Å². The van der Waals surface area contributed by atoms with Gasteiger partial charge in [-0.2, -0.15) is 0 Å². The fourth-order valence-corrected chi connectivity index (χ4v) is 1.68. The van der Waals surface area contributed by atoms with Crippen LogP contribution in [0.5, 0.6) is 0 Å². The Morgan fingerprint density at radius 3 is 2.48 bits per heavy atom. The van der Waals surface area contributed by atoms with Gasteiger partial charge in [-0.3, -0.25) is 14.9 Å². The molecule has 106 valence electrons. The van der Waals surface area contributed by atoms with Gasteiger partial charge in [0.1, 0.15) is 5.82 Å². The summed E-state index contributed by atoms with van der Waals surface area (Å²) >= 11 is 0. The van der Waals surface area contributed by atoms with Crippen molar-refractivity contribution in [3.63, 3.8) is 0 Å². The number of carbonyl (C=O) groups excluding carboxylic acids is 1. The molecule has 0 unspecified atom stereocenters. The Kier molecular flexibility index (Phi) is 4.40. The average molecular weight is 286 g/mol. The third-order valence-corrected chi connectivity index (χ3v) is 2.66. The molecular weight excluding hydrogens is 275 g/mol. The molecule has 0 radical (unpaired) electrons. The molecule has 0 saturated heterocycles. The molecule has 0 bridgehead atoms. The van der Waals surface area contributed by atoms with Crippen molar-refractivity contribution in [3.05, 3.63) is 76.1 Å². The molecule has 0 atom stereocenters. The van der Waals surface area contributed by atoms with E-state index in [9.17, 15) is 19.3 Å². The van der Waals surface area contributed by atoms with Crippen LogP contribution < -0.4 is 5.32 Å². The maximum atomic E-state index is 12.7. The Morgan fingerprint density at radius 2 is 1.81 bits per heavy atom. The molecule has 0 heterocycles. The molecule has 5 nitrogen and oxygen atoms in total. The summed E-state index contributed by atoms with van der Waals surface area (Å²) in [6.07, 6.45) is 2.54. The lowest BCUT2D eigenvalue weighted by Gasteiger charge is -2.01. The van der Waals surface area contributed by atoms with E-state index < -0.39 is 16.6 Å². The maximum absolute atomic E-state index is 12.7. The first-order valence-electron chi connectivity index (χ1n) is 6.04. The largest absolute Gasteiger partial charge is 0.323 e. The summed E-state index contributed by atoms with van der Waals surface area (Å²) in [5.74, 6) is -0.858. The third kappa shape index (κ3) is 3.97. The van der Waals surface area contributed by atoms with Crippen molar-refractivity contribution in [3.8, 4) is 0 Å². The predicted molar refractivity (Wildman–Crippen MR) is 77.2 cm³/mol. The number of amides is 1. The van der Waals surface area contributed by atoms with Gasteiger partial charge < -0.3 is 5.32 Å². The van der Waals surface area contributed by atoms with Crippen LogP contribution in [0.3, 0.4) is 0 Å². The van der Waals surface area contributed by atoms with Crippen molar-refractivity contribution in [2.24, 2.45) is 0 Å². The number of hydrogen-bond donors (Lipinski definition) is 1. The summed E-state index contributed by atoms with van der Waals surface area (Å²) in [4.78, 5) is 22.0. The van der Waals surface area contributed by atoms with Crippen LogP contribution in [0.1, 0.15) is 5.56 Å². The van der Waals surface area contributed by atoms with Crippen molar-refractivity contribution in [2.45, 2.75) is 0 Å². The molecule has 21 heavy (non-hydrogen) atoms. The molecular formula is C15H11FN2O3. The minimum atomic E-state index is -0.516. The van der Waals surface area contributed by atoms with Crippen LogP contribution >= 0.6 is 0 Å². The van der Waals surface area contributed by atoms with Gasteiger partial charge >= 0.3 is 0 Å². The first-order chi connectivity index (χ1) is 10.1. The predicted octanol–water partition coefficient (Wildman–Crippen LogP) is 3.39. The van der Waals surface area contributed by atoms with Crippen LogP contribution in [0.25, 0.3) is 6.08 Å². The van der Waals surface area contributed by atoms with Crippen molar-refractivity contribution in [1.29, 1.82) is 0 Å². The van der Waals surface area contributed by atoms with Gasteiger partial charge in [-0.05, 0) is 36.4 Å². The number of benzene rings is 2. The highest BCUT2D eigenvalue weighted by atomic mass is 19.1. The number of nitrogens with zero attached hydrogens (tertiary/aromatic N) is 1. The summed E-state index contributed by atoms with van der Waals surface area (Å²) in [7, 11) is 0. The second kappa shape index (κ2) is 6.42. The molecule has 0 fully saturated rings. The van der Waals surface area contributed by atoms with E-state index in [0.29, 0.717) is 11.3 Å². The maximum Gasteiger partial charge on any atom is 0.276 e. The standard InChI is InChI=1S/C15H11FN2O3/c16-12-6-8-13(9-7-12)17-15(19)10-5-11-3-1-2-4-14(11)18(20)21/h1-10H,(H,17,19)/b10-5+.